The molecule has 1 amide bonds. The smallest absolute Gasteiger partial charge is 0.262 e. The lowest BCUT2D eigenvalue weighted by atomic mass is 10.2. The second-order valence-electron chi connectivity index (χ2n) is 6.12. The minimum atomic E-state index is -0.323. The maximum atomic E-state index is 12.2. The van der Waals surface area contributed by atoms with Crippen LogP contribution >= 0.6 is 45.8 Å². The van der Waals surface area contributed by atoms with Crippen LogP contribution in [0, 0.1) is 3.57 Å². The summed E-state index contributed by atoms with van der Waals surface area (Å²) >= 11 is 14.1. The van der Waals surface area contributed by atoms with Gasteiger partial charge in [-0.05, 0) is 77.2 Å². The number of carbonyl (C=O) groups is 1. The quantitative estimate of drug-likeness (QED) is 0.298. The van der Waals surface area contributed by atoms with Crippen molar-refractivity contribution in [1.29, 1.82) is 0 Å². The van der Waals surface area contributed by atoms with Crippen LogP contribution in [-0.2, 0) is 4.79 Å². The Bertz CT molecular complexity index is 1210. The number of benzene rings is 3. The van der Waals surface area contributed by atoms with Gasteiger partial charge in [-0.3, -0.25) is 4.79 Å². The van der Waals surface area contributed by atoms with Gasteiger partial charge in [-0.1, -0.05) is 29.3 Å². The van der Waals surface area contributed by atoms with Crippen molar-refractivity contribution in [1.82, 2.24) is 4.98 Å². The van der Waals surface area contributed by atoms with E-state index in [1.165, 1.54) is 0 Å². The van der Waals surface area contributed by atoms with Crippen LogP contribution in [0.2, 0.25) is 10.0 Å². The van der Waals surface area contributed by atoms with E-state index < -0.39 is 0 Å². The molecule has 4 rings (SSSR count). The summed E-state index contributed by atoms with van der Waals surface area (Å²) < 4.78 is 12.4. The molecule has 1 N–H and O–H groups in total. The summed E-state index contributed by atoms with van der Waals surface area (Å²) in [5.41, 5.74) is 2.78. The molecule has 0 saturated carbocycles. The fraction of sp³-hybridized carbons (Fsp3) is 0.0476. The molecule has 4 aromatic rings. The molecule has 1 aromatic heterocycles. The summed E-state index contributed by atoms with van der Waals surface area (Å²) in [7, 11) is 0. The van der Waals surface area contributed by atoms with Gasteiger partial charge in [0.2, 0.25) is 5.89 Å². The van der Waals surface area contributed by atoms with Crippen LogP contribution in [0.5, 0.6) is 5.75 Å². The monoisotopic (exact) mass is 538 g/mol. The molecular formula is C21H13Cl2IN2O3. The normalized spacial score (nSPS) is 10.9. The third-order valence-corrected chi connectivity index (χ3v) is 5.20. The lowest BCUT2D eigenvalue weighted by molar-refractivity contribution is -0.118. The Balaban J connectivity index is 1.46. The highest BCUT2D eigenvalue weighted by Crippen LogP contribution is 2.28. The van der Waals surface area contributed by atoms with Crippen LogP contribution < -0.4 is 10.1 Å². The van der Waals surface area contributed by atoms with E-state index in [2.05, 4.69) is 32.9 Å². The summed E-state index contributed by atoms with van der Waals surface area (Å²) in [5, 5.41) is 3.62. The van der Waals surface area contributed by atoms with Crippen LogP contribution in [0.15, 0.2) is 65.1 Å². The second kappa shape index (κ2) is 8.61. The first-order valence-corrected chi connectivity index (χ1v) is 10.4. The lowest BCUT2D eigenvalue weighted by Gasteiger charge is -2.09. The van der Waals surface area contributed by atoms with Crippen LogP contribution in [0.1, 0.15) is 0 Å². The molecule has 8 heteroatoms. The number of oxazole rings is 1. The molecule has 0 aliphatic carbocycles. The van der Waals surface area contributed by atoms with E-state index >= 15 is 0 Å². The topological polar surface area (TPSA) is 64.4 Å². The van der Waals surface area contributed by atoms with Crippen LogP contribution in [-0.4, -0.2) is 17.5 Å². The van der Waals surface area contributed by atoms with E-state index in [9.17, 15) is 4.79 Å². The highest BCUT2D eigenvalue weighted by atomic mass is 127. The number of nitrogens with zero attached hydrogens (tertiary/aromatic N) is 1. The molecule has 0 radical (unpaired) electrons. The van der Waals surface area contributed by atoms with E-state index in [-0.39, 0.29) is 12.5 Å². The van der Waals surface area contributed by atoms with Gasteiger partial charge >= 0.3 is 0 Å². The van der Waals surface area contributed by atoms with Crippen molar-refractivity contribution in [2.75, 3.05) is 11.9 Å². The van der Waals surface area contributed by atoms with Crippen molar-refractivity contribution >= 4 is 68.5 Å². The Kier molecular flexibility index (Phi) is 5.94. The number of carbonyl (C=O) groups excluding carboxylic acids is 1. The summed E-state index contributed by atoms with van der Waals surface area (Å²) in [5.74, 6) is 0.597. The SMILES string of the molecule is O=C(COc1ccc(Cl)cc1Cl)Nc1ccc2oc(-c3cccc(I)c3)nc2c1. The lowest BCUT2D eigenvalue weighted by Crippen LogP contribution is -2.20. The van der Waals surface area contributed by atoms with Gasteiger partial charge < -0.3 is 14.5 Å². The van der Waals surface area contributed by atoms with Crippen molar-refractivity contribution in [3.63, 3.8) is 0 Å². The molecular weight excluding hydrogens is 526 g/mol. The first-order valence-electron chi connectivity index (χ1n) is 8.52. The van der Waals surface area contributed by atoms with E-state index in [4.69, 9.17) is 32.4 Å². The van der Waals surface area contributed by atoms with Gasteiger partial charge in [0.15, 0.2) is 12.2 Å². The molecule has 146 valence electrons. The summed E-state index contributed by atoms with van der Waals surface area (Å²) in [6, 6.07) is 18.0. The van der Waals surface area contributed by atoms with Crippen molar-refractivity contribution in [2.45, 2.75) is 0 Å². The van der Waals surface area contributed by atoms with Gasteiger partial charge in [0, 0.05) is 19.8 Å². The van der Waals surface area contributed by atoms with Crippen molar-refractivity contribution in [2.24, 2.45) is 0 Å². The van der Waals surface area contributed by atoms with Gasteiger partial charge in [-0.25, -0.2) is 4.98 Å². The Morgan fingerprint density at radius 3 is 2.76 bits per heavy atom. The Hall–Kier alpha value is -2.29. The number of fused-ring (bicyclic) bond motifs is 1. The van der Waals surface area contributed by atoms with E-state index in [1.807, 2.05) is 24.3 Å². The zero-order valence-corrected chi connectivity index (χ0v) is 18.5. The van der Waals surface area contributed by atoms with Crippen molar-refractivity contribution < 1.29 is 13.9 Å². The summed E-state index contributed by atoms with van der Waals surface area (Å²) in [4.78, 5) is 16.7. The molecule has 5 nitrogen and oxygen atoms in total. The molecule has 0 aliphatic rings. The highest BCUT2D eigenvalue weighted by molar-refractivity contribution is 14.1. The maximum Gasteiger partial charge on any atom is 0.262 e. The van der Waals surface area contributed by atoms with Gasteiger partial charge in [-0.15, -0.1) is 0 Å². The zero-order valence-electron chi connectivity index (χ0n) is 14.8. The minimum Gasteiger partial charge on any atom is -0.482 e. The minimum absolute atomic E-state index is 0.189. The molecule has 0 atom stereocenters. The average molecular weight is 539 g/mol. The molecule has 0 saturated heterocycles. The van der Waals surface area contributed by atoms with Crippen LogP contribution in [0.3, 0.4) is 0 Å². The summed E-state index contributed by atoms with van der Waals surface area (Å²) in [6.07, 6.45) is 0. The van der Waals surface area contributed by atoms with Gasteiger partial charge in [0.1, 0.15) is 11.3 Å². The van der Waals surface area contributed by atoms with Crippen molar-refractivity contribution in [3.05, 3.63) is 74.3 Å². The fourth-order valence-corrected chi connectivity index (χ4v) is 3.69. The molecule has 1 heterocycles. The average Bonchev–Trinajstić information content (AvgIpc) is 3.11. The van der Waals surface area contributed by atoms with Gasteiger partial charge in [0.25, 0.3) is 5.91 Å². The Labute approximate surface area is 190 Å². The summed E-state index contributed by atoms with van der Waals surface area (Å²) in [6.45, 7) is -0.189. The third-order valence-electron chi connectivity index (χ3n) is 4.00. The first-order chi connectivity index (χ1) is 14.0. The molecule has 0 unspecified atom stereocenters. The highest BCUT2D eigenvalue weighted by Gasteiger charge is 2.11. The number of rotatable bonds is 5. The number of hydrogen-bond acceptors (Lipinski definition) is 4. The second-order valence-corrected chi connectivity index (χ2v) is 8.21. The predicted molar refractivity (Wildman–Crippen MR) is 123 cm³/mol. The van der Waals surface area contributed by atoms with Crippen molar-refractivity contribution in [3.8, 4) is 17.2 Å². The number of halogens is 3. The number of nitrogens with one attached hydrogen (secondary N) is 1. The van der Waals surface area contributed by atoms with E-state index in [0.29, 0.717) is 38.5 Å². The molecule has 0 spiro atoms. The first kappa shape index (κ1) is 20.0. The third kappa shape index (κ3) is 4.83. The molecule has 29 heavy (non-hydrogen) atoms. The number of anilines is 1. The number of amides is 1. The van der Waals surface area contributed by atoms with Gasteiger partial charge in [0.05, 0.1) is 5.02 Å². The number of hydrogen-bond donors (Lipinski definition) is 1. The molecule has 3 aromatic carbocycles. The molecule has 0 bridgehead atoms. The van der Waals surface area contributed by atoms with Crippen LogP contribution in [0.25, 0.3) is 22.6 Å². The zero-order chi connectivity index (χ0) is 20.4. The fourth-order valence-electron chi connectivity index (χ4n) is 2.68. The molecule has 0 fully saturated rings. The largest absolute Gasteiger partial charge is 0.482 e. The van der Waals surface area contributed by atoms with E-state index in [1.54, 1.807) is 36.4 Å². The standard InChI is InChI=1S/C21H13Cl2IN2O3/c22-13-4-6-18(16(23)9-13)28-11-20(27)25-15-5-7-19-17(10-15)26-21(29-19)12-2-1-3-14(24)8-12/h1-10H,11H2,(H,25,27). The number of ether oxygens (including phenoxy) is 1. The van der Waals surface area contributed by atoms with E-state index in [0.717, 1.165) is 9.13 Å². The Morgan fingerprint density at radius 1 is 1.10 bits per heavy atom. The predicted octanol–water partition coefficient (Wildman–Crippen LogP) is 6.42. The Morgan fingerprint density at radius 2 is 1.97 bits per heavy atom. The van der Waals surface area contributed by atoms with Crippen LogP contribution in [0.4, 0.5) is 5.69 Å². The molecule has 0 aliphatic heterocycles. The number of aromatic nitrogens is 1. The van der Waals surface area contributed by atoms with Gasteiger partial charge in [-0.2, -0.15) is 0 Å². The maximum absolute atomic E-state index is 12.2.